The molecule has 0 aromatic heterocycles. The maximum Gasteiger partial charge on any atom is 0.266 e. The molecule has 1 aliphatic carbocycles. The van der Waals surface area contributed by atoms with Crippen LogP contribution in [0.3, 0.4) is 0 Å². The lowest BCUT2D eigenvalue weighted by atomic mass is 9.94. The third kappa shape index (κ3) is 2.53. The number of nitro groups is 1. The van der Waals surface area contributed by atoms with Gasteiger partial charge in [-0.25, -0.2) is 0 Å². The summed E-state index contributed by atoms with van der Waals surface area (Å²) in [6.45, 7) is 4.61. The van der Waals surface area contributed by atoms with Crippen LogP contribution in [0.15, 0.2) is 36.1 Å². The summed E-state index contributed by atoms with van der Waals surface area (Å²) in [5.74, 6) is 0.0513. The van der Waals surface area contributed by atoms with Crippen LogP contribution in [0.2, 0.25) is 0 Å². The summed E-state index contributed by atoms with van der Waals surface area (Å²) in [5, 5.41) is 10.5. The third-order valence-corrected chi connectivity index (χ3v) is 2.09. The lowest BCUT2D eigenvalue weighted by Crippen LogP contribution is -2.23. The van der Waals surface area contributed by atoms with Crippen LogP contribution >= 0.6 is 0 Å². The van der Waals surface area contributed by atoms with E-state index >= 15 is 0 Å². The molecule has 0 fully saturated rings. The van der Waals surface area contributed by atoms with Gasteiger partial charge in [0.15, 0.2) is 0 Å². The largest absolute Gasteiger partial charge is 0.308 e. The van der Waals surface area contributed by atoms with Gasteiger partial charge in [-0.15, -0.1) is 0 Å². The van der Waals surface area contributed by atoms with Crippen molar-refractivity contribution in [3.8, 4) is 0 Å². The first-order chi connectivity index (χ1) is 6.50. The molecule has 0 aliphatic heterocycles. The average molecular weight is 194 g/mol. The Labute approximate surface area is 83.4 Å². The normalized spacial score (nSPS) is 21.2. The van der Waals surface area contributed by atoms with E-state index in [2.05, 4.69) is 6.58 Å². The SMILES string of the molecule is C=C1C=CC([N+](=O)[O-])=CC1CN(C)C. The van der Waals surface area contributed by atoms with Crippen molar-refractivity contribution in [2.45, 2.75) is 0 Å². The summed E-state index contributed by atoms with van der Waals surface area (Å²) >= 11 is 0. The van der Waals surface area contributed by atoms with Crippen LogP contribution in [-0.4, -0.2) is 30.5 Å². The molecule has 0 amide bonds. The average Bonchev–Trinajstić information content (AvgIpc) is 2.07. The second-order valence-corrected chi connectivity index (χ2v) is 3.63. The number of rotatable bonds is 3. The van der Waals surface area contributed by atoms with Gasteiger partial charge in [0, 0.05) is 24.6 Å². The van der Waals surface area contributed by atoms with Crippen molar-refractivity contribution < 1.29 is 4.92 Å². The van der Waals surface area contributed by atoms with E-state index in [0.29, 0.717) is 0 Å². The van der Waals surface area contributed by atoms with Crippen molar-refractivity contribution in [1.29, 1.82) is 0 Å². The molecule has 14 heavy (non-hydrogen) atoms. The molecule has 4 heteroatoms. The van der Waals surface area contributed by atoms with Crippen LogP contribution in [0.5, 0.6) is 0 Å². The van der Waals surface area contributed by atoms with Gasteiger partial charge in [-0.05, 0) is 19.7 Å². The van der Waals surface area contributed by atoms with Gasteiger partial charge in [-0.3, -0.25) is 10.1 Å². The predicted octanol–water partition coefficient (Wildman–Crippen LogP) is 1.45. The quantitative estimate of drug-likeness (QED) is 0.504. The van der Waals surface area contributed by atoms with Crippen molar-refractivity contribution >= 4 is 0 Å². The fourth-order valence-electron chi connectivity index (χ4n) is 1.37. The van der Waals surface area contributed by atoms with Crippen molar-refractivity contribution in [3.05, 3.63) is 46.2 Å². The van der Waals surface area contributed by atoms with E-state index < -0.39 is 0 Å². The first-order valence-corrected chi connectivity index (χ1v) is 4.38. The van der Waals surface area contributed by atoms with E-state index in [1.54, 1.807) is 12.2 Å². The Kier molecular flexibility index (Phi) is 3.19. The molecule has 0 aromatic carbocycles. The Bertz CT molecular complexity index is 316. The molecular formula is C10H14N2O2. The second kappa shape index (κ2) is 4.19. The van der Waals surface area contributed by atoms with Crippen LogP contribution in [0.25, 0.3) is 0 Å². The van der Waals surface area contributed by atoms with Gasteiger partial charge < -0.3 is 4.90 Å². The molecule has 0 aromatic rings. The maximum atomic E-state index is 10.5. The highest BCUT2D eigenvalue weighted by Crippen LogP contribution is 2.21. The van der Waals surface area contributed by atoms with E-state index in [-0.39, 0.29) is 16.5 Å². The predicted molar refractivity (Wildman–Crippen MR) is 55.4 cm³/mol. The molecule has 0 saturated heterocycles. The van der Waals surface area contributed by atoms with E-state index in [0.717, 1.165) is 12.1 Å². The van der Waals surface area contributed by atoms with E-state index in [9.17, 15) is 10.1 Å². The van der Waals surface area contributed by atoms with Crippen molar-refractivity contribution in [1.82, 2.24) is 4.90 Å². The number of nitrogens with zero attached hydrogens (tertiary/aromatic N) is 2. The lowest BCUT2D eigenvalue weighted by molar-refractivity contribution is -0.419. The summed E-state index contributed by atoms with van der Waals surface area (Å²) in [7, 11) is 3.87. The Morgan fingerprint density at radius 2 is 2.21 bits per heavy atom. The van der Waals surface area contributed by atoms with Crippen molar-refractivity contribution in [2.24, 2.45) is 5.92 Å². The summed E-state index contributed by atoms with van der Waals surface area (Å²) in [5.41, 5.74) is 1.08. The molecule has 0 saturated carbocycles. The summed E-state index contributed by atoms with van der Waals surface area (Å²) in [6.07, 6.45) is 4.86. The Morgan fingerprint density at radius 1 is 1.57 bits per heavy atom. The van der Waals surface area contributed by atoms with Crippen molar-refractivity contribution in [2.75, 3.05) is 20.6 Å². The highest BCUT2D eigenvalue weighted by Gasteiger charge is 2.19. The van der Waals surface area contributed by atoms with E-state index in [1.165, 1.54) is 6.08 Å². The number of hydrogen-bond donors (Lipinski definition) is 0. The minimum absolute atomic E-state index is 0.0513. The summed E-state index contributed by atoms with van der Waals surface area (Å²) < 4.78 is 0. The first kappa shape index (κ1) is 10.7. The van der Waals surface area contributed by atoms with E-state index in [4.69, 9.17) is 0 Å². The second-order valence-electron chi connectivity index (χ2n) is 3.63. The fraction of sp³-hybridized carbons (Fsp3) is 0.400. The van der Waals surface area contributed by atoms with Crippen LogP contribution < -0.4 is 0 Å². The topological polar surface area (TPSA) is 46.4 Å². The highest BCUT2D eigenvalue weighted by atomic mass is 16.6. The smallest absolute Gasteiger partial charge is 0.266 e. The van der Waals surface area contributed by atoms with Gasteiger partial charge in [0.05, 0.1) is 4.92 Å². The Hall–Kier alpha value is -1.42. The molecule has 1 atom stereocenters. The third-order valence-electron chi connectivity index (χ3n) is 2.09. The van der Waals surface area contributed by atoms with Gasteiger partial charge in [0.2, 0.25) is 0 Å². The molecule has 76 valence electrons. The Morgan fingerprint density at radius 3 is 2.71 bits per heavy atom. The van der Waals surface area contributed by atoms with Gasteiger partial charge in [-0.1, -0.05) is 12.7 Å². The zero-order valence-corrected chi connectivity index (χ0v) is 8.43. The number of hydrogen-bond acceptors (Lipinski definition) is 3. The fourth-order valence-corrected chi connectivity index (χ4v) is 1.37. The van der Waals surface area contributed by atoms with E-state index in [1.807, 2.05) is 19.0 Å². The van der Waals surface area contributed by atoms with Gasteiger partial charge in [0.25, 0.3) is 5.70 Å². The van der Waals surface area contributed by atoms with Crippen LogP contribution in [-0.2, 0) is 0 Å². The van der Waals surface area contributed by atoms with Gasteiger partial charge >= 0.3 is 0 Å². The standard InChI is InChI=1S/C10H14N2O2/c1-8-4-5-10(12(13)14)6-9(8)7-11(2)3/h4-6,9H,1,7H2,2-3H3. The van der Waals surface area contributed by atoms with Crippen molar-refractivity contribution in [3.63, 3.8) is 0 Å². The molecule has 0 heterocycles. The van der Waals surface area contributed by atoms with Crippen LogP contribution in [0.1, 0.15) is 0 Å². The number of allylic oxidation sites excluding steroid dienone is 2. The monoisotopic (exact) mass is 194 g/mol. The van der Waals surface area contributed by atoms with Gasteiger partial charge in [0.1, 0.15) is 0 Å². The van der Waals surface area contributed by atoms with Gasteiger partial charge in [-0.2, -0.15) is 0 Å². The molecular weight excluding hydrogens is 180 g/mol. The zero-order valence-electron chi connectivity index (χ0n) is 8.43. The summed E-state index contributed by atoms with van der Waals surface area (Å²) in [4.78, 5) is 12.2. The van der Waals surface area contributed by atoms with Crippen LogP contribution in [0.4, 0.5) is 0 Å². The summed E-state index contributed by atoms with van der Waals surface area (Å²) in [6, 6.07) is 0. The molecule has 0 radical (unpaired) electrons. The molecule has 1 rings (SSSR count). The minimum Gasteiger partial charge on any atom is -0.308 e. The minimum atomic E-state index is -0.369. The lowest BCUT2D eigenvalue weighted by Gasteiger charge is -2.19. The highest BCUT2D eigenvalue weighted by molar-refractivity contribution is 5.33. The first-order valence-electron chi connectivity index (χ1n) is 4.38. The molecule has 0 N–H and O–H groups in total. The molecule has 1 unspecified atom stereocenters. The Balaban J connectivity index is 2.80. The molecule has 4 nitrogen and oxygen atoms in total. The zero-order chi connectivity index (χ0) is 10.7. The van der Waals surface area contributed by atoms with Crippen LogP contribution in [0, 0.1) is 16.0 Å². The maximum absolute atomic E-state index is 10.5. The molecule has 0 spiro atoms. The molecule has 0 bridgehead atoms. The molecule has 1 aliphatic rings.